The Morgan fingerprint density at radius 3 is 2.31 bits per heavy atom. The van der Waals surface area contributed by atoms with E-state index in [1.54, 1.807) is 5.56 Å². The minimum atomic E-state index is -0.0581. The summed E-state index contributed by atoms with van der Waals surface area (Å²) in [7, 11) is 0. The molecule has 2 heteroatoms. The molecule has 3 aromatic carbocycles. The number of aryl methyl sites for hydroxylation is 2. The molecule has 2 nitrogen and oxygen atoms in total. The number of aromatic nitrogens is 2. The van der Waals surface area contributed by atoms with E-state index in [0.717, 1.165) is 32.2 Å². The van der Waals surface area contributed by atoms with E-state index in [4.69, 9.17) is 0 Å². The standard InChI is InChI=1S/C43H48N2/c1-6-9-17-32-23-24-39-38(27-32)40-22-15-16-31(4)45(40)42(5,7-2)43(39,8-3)29-35-30-44-26-25-34(33-18-11-10-12-19-33)28-41(44)37-21-14-13-20-36(35)37/h10-16,18-28,35H,6-9,17,29-30H2,1-5H3/q+2. The maximum atomic E-state index is 2.73. The summed E-state index contributed by atoms with van der Waals surface area (Å²) in [5, 5.41) is 0. The lowest BCUT2D eigenvalue weighted by atomic mass is 9.55. The van der Waals surface area contributed by atoms with Crippen molar-refractivity contribution < 1.29 is 9.13 Å². The van der Waals surface area contributed by atoms with Gasteiger partial charge in [0.25, 0.3) is 0 Å². The molecular weight excluding hydrogens is 544 g/mol. The summed E-state index contributed by atoms with van der Waals surface area (Å²) in [6.45, 7) is 13.0. The number of hydrogen-bond acceptors (Lipinski definition) is 0. The van der Waals surface area contributed by atoms with Gasteiger partial charge >= 0.3 is 0 Å². The van der Waals surface area contributed by atoms with Crippen molar-refractivity contribution in [3.05, 3.63) is 132 Å². The zero-order valence-corrected chi connectivity index (χ0v) is 27.8. The normalized spacial score (nSPS) is 21.4. The van der Waals surface area contributed by atoms with Crippen LogP contribution in [0.15, 0.2) is 109 Å². The Labute approximate surface area is 270 Å². The topological polar surface area (TPSA) is 7.76 Å². The van der Waals surface area contributed by atoms with Crippen molar-refractivity contribution in [3.8, 4) is 33.6 Å². The molecule has 45 heavy (non-hydrogen) atoms. The minimum absolute atomic E-state index is 0.0238. The van der Waals surface area contributed by atoms with Crippen molar-refractivity contribution >= 4 is 0 Å². The Balaban J connectivity index is 1.38. The van der Waals surface area contributed by atoms with E-state index in [2.05, 4.69) is 153 Å². The van der Waals surface area contributed by atoms with Gasteiger partial charge in [-0.2, -0.15) is 9.13 Å². The third-order valence-electron chi connectivity index (χ3n) is 11.5. The molecule has 7 rings (SSSR count). The van der Waals surface area contributed by atoms with Crippen LogP contribution in [-0.4, -0.2) is 0 Å². The smallest absolute Gasteiger partial charge is 0.198 e. The average molecular weight is 593 g/mol. The first-order valence-corrected chi connectivity index (χ1v) is 17.3. The summed E-state index contributed by atoms with van der Waals surface area (Å²) in [5.74, 6) is 0.408. The second-order valence-electron chi connectivity index (χ2n) is 13.7. The molecule has 5 aromatic rings. The van der Waals surface area contributed by atoms with Crippen molar-refractivity contribution in [3.63, 3.8) is 0 Å². The zero-order valence-electron chi connectivity index (χ0n) is 27.8. The van der Waals surface area contributed by atoms with Gasteiger partial charge in [-0.3, -0.25) is 0 Å². The molecule has 0 bridgehead atoms. The number of hydrogen-bond donors (Lipinski definition) is 0. The highest BCUT2D eigenvalue weighted by atomic mass is 15.1. The van der Waals surface area contributed by atoms with Gasteiger partial charge in [0.2, 0.25) is 11.4 Å². The number of unbranched alkanes of at least 4 members (excludes halogenated alkanes) is 1. The fourth-order valence-electron chi connectivity index (χ4n) is 9.03. The molecule has 228 valence electrons. The largest absolute Gasteiger partial charge is 0.213 e. The average Bonchev–Trinajstić information content (AvgIpc) is 3.09. The maximum absolute atomic E-state index is 2.73. The summed E-state index contributed by atoms with van der Waals surface area (Å²) in [5.41, 5.74) is 13.9. The molecule has 3 atom stereocenters. The minimum Gasteiger partial charge on any atom is -0.198 e. The second kappa shape index (κ2) is 11.7. The van der Waals surface area contributed by atoms with E-state index in [1.807, 2.05) is 0 Å². The van der Waals surface area contributed by atoms with Crippen LogP contribution < -0.4 is 9.13 Å². The van der Waals surface area contributed by atoms with Crippen LogP contribution >= 0.6 is 0 Å². The second-order valence-corrected chi connectivity index (χ2v) is 13.7. The summed E-state index contributed by atoms with van der Waals surface area (Å²) in [6.07, 6.45) is 9.23. The Bertz CT molecular complexity index is 1850. The van der Waals surface area contributed by atoms with Crippen molar-refractivity contribution in [1.29, 1.82) is 0 Å². The van der Waals surface area contributed by atoms with Crippen LogP contribution in [0.5, 0.6) is 0 Å². The monoisotopic (exact) mass is 592 g/mol. The van der Waals surface area contributed by atoms with Crippen molar-refractivity contribution in [2.45, 2.75) is 96.6 Å². The Morgan fingerprint density at radius 1 is 0.733 bits per heavy atom. The Hall–Kier alpha value is -4.04. The quantitative estimate of drug-likeness (QED) is 0.158. The van der Waals surface area contributed by atoms with Crippen LogP contribution in [0.25, 0.3) is 33.6 Å². The maximum Gasteiger partial charge on any atom is 0.213 e. The van der Waals surface area contributed by atoms with E-state index in [0.29, 0.717) is 5.92 Å². The van der Waals surface area contributed by atoms with Crippen molar-refractivity contribution in [1.82, 2.24) is 0 Å². The summed E-state index contributed by atoms with van der Waals surface area (Å²) < 4.78 is 5.25. The molecule has 0 spiro atoms. The van der Waals surface area contributed by atoms with Gasteiger partial charge in [-0.1, -0.05) is 87.9 Å². The van der Waals surface area contributed by atoms with Crippen LogP contribution in [0.4, 0.5) is 0 Å². The van der Waals surface area contributed by atoms with Gasteiger partial charge in [0, 0.05) is 56.0 Å². The molecule has 4 heterocycles. The van der Waals surface area contributed by atoms with Crippen molar-refractivity contribution in [2.75, 3.05) is 0 Å². The molecule has 0 saturated carbocycles. The molecule has 2 aliphatic rings. The van der Waals surface area contributed by atoms with Gasteiger partial charge in [-0.25, -0.2) is 0 Å². The molecule has 2 aromatic heterocycles. The summed E-state index contributed by atoms with van der Waals surface area (Å²) in [4.78, 5) is 0. The van der Waals surface area contributed by atoms with Crippen LogP contribution in [0.1, 0.15) is 88.1 Å². The van der Waals surface area contributed by atoms with Crippen LogP contribution in [0.3, 0.4) is 0 Å². The molecule has 0 amide bonds. The fraction of sp³-hybridized carbons (Fsp3) is 0.349. The van der Waals surface area contributed by atoms with Gasteiger partial charge < -0.3 is 0 Å². The zero-order chi connectivity index (χ0) is 31.2. The Kier molecular flexibility index (Phi) is 7.72. The number of fused-ring (bicyclic) bond motifs is 6. The molecule has 0 N–H and O–H groups in total. The highest BCUT2D eigenvalue weighted by Crippen LogP contribution is 2.55. The lowest BCUT2D eigenvalue weighted by Crippen LogP contribution is -2.70. The summed E-state index contributed by atoms with van der Waals surface area (Å²) >= 11 is 0. The van der Waals surface area contributed by atoms with Gasteiger partial charge in [-0.05, 0) is 71.7 Å². The molecule has 2 aliphatic heterocycles. The van der Waals surface area contributed by atoms with Crippen LogP contribution in [0.2, 0.25) is 0 Å². The highest BCUT2D eigenvalue weighted by molar-refractivity contribution is 5.71. The van der Waals surface area contributed by atoms with E-state index in [-0.39, 0.29) is 11.0 Å². The number of pyridine rings is 2. The first kappa shape index (κ1) is 29.7. The van der Waals surface area contributed by atoms with Crippen molar-refractivity contribution in [2.24, 2.45) is 0 Å². The lowest BCUT2D eigenvalue weighted by Gasteiger charge is -2.50. The highest BCUT2D eigenvalue weighted by Gasteiger charge is 2.60. The molecular formula is C43H48N2+2. The molecule has 0 saturated heterocycles. The fourth-order valence-corrected chi connectivity index (χ4v) is 9.03. The van der Waals surface area contributed by atoms with Crippen LogP contribution in [-0.2, 0) is 23.9 Å². The SMILES string of the molecule is CCCCc1ccc2c(c1)-c1cccc(C)[n+]1C(C)(CC)C2(CC)CC1C[n+]2ccc(-c3ccccc3)cc2-c2ccccc21. The summed E-state index contributed by atoms with van der Waals surface area (Å²) in [6, 6.07) is 39.2. The van der Waals surface area contributed by atoms with E-state index < -0.39 is 0 Å². The van der Waals surface area contributed by atoms with Gasteiger partial charge in [0.05, 0.1) is 11.0 Å². The lowest BCUT2D eigenvalue weighted by molar-refractivity contribution is -0.771. The molecule has 0 aliphatic carbocycles. The van der Waals surface area contributed by atoms with E-state index >= 15 is 0 Å². The molecule has 0 radical (unpaired) electrons. The van der Waals surface area contributed by atoms with E-state index in [1.165, 1.54) is 63.3 Å². The Morgan fingerprint density at radius 2 is 1.53 bits per heavy atom. The van der Waals surface area contributed by atoms with Gasteiger partial charge in [0.1, 0.15) is 0 Å². The first-order valence-electron chi connectivity index (χ1n) is 17.3. The van der Waals surface area contributed by atoms with E-state index in [9.17, 15) is 0 Å². The number of rotatable bonds is 8. The predicted molar refractivity (Wildman–Crippen MR) is 186 cm³/mol. The molecule has 3 unspecified atom stereocenters. The first-order chi connectivity index (χ1) is 21.9. The van der Waals surface area contributed by atoms with Gasteiger partial charge in [0.15, 0.2) is 24.0 Å². The number of benzene rings is 3. The molecule has 0 fully saturated rings. The van der Waals surface area contributed by atoms with Gasteiger partial charge in [-0.15, -0.1) is 0 Å². The predicted octanol–water partition coefficient (Wildman–Crippen LogP) is 9.89. The van der Waals surface area contributed by atoms with Crippen LogP contribution in [0, 0.1) is 6.92 Å². The third kappa shape index (κ3) is 4.68. The third-order valence-corrected chi connectivity index (χ3v) is 11.5. The number of nitrogens with zero attached hydrogens (tertiary/aromatic N) is 2.